The van der Waals surface area contributed by atoms with E-state index < -0.39 is 23.8 Å². The van der Waals surface area contributed by atoms with Crippen molar-refractivity contribution in [2.24, 2.45) is 0 Å². The summed E-state index contributed by atoms with van der Waals surface area (Å²) in [7, 11) is 3.36. The van der Waals surface area contributed by atoms with Crippen LogP contribution < -0.4 is 10.6 Å². The van der Waals surface area contributed by atoms with Crippen LogP contribution in [-0.4, -0.2) is 66.7 Å². The van der Waals surface area contributed by atoms with E-state index in [9.17, 15) is 19.2 Å². The summed E-state index contributed by atoms with van der Waals surface area (Å²) in [5.41, 5.74) is 1.26. The lowest BCUT2D eigenvalue weighted by molar-refractivity contribution is -0.149. The maximum absolute atomic E-state index is 13.1. The molecule has 0 saturated carbocycles. The number of nitrogens with one attached hydrogen (secondary N) is 2. The largest absolute Gasteiger partial charge is 0.384 e. The van der Waals surface area contributed by atoms with Crippen LogP contribution in [0.1, 0.15) is 72.1 Å². The zero-order valence-corrected chi connectivity index (χ0v) is 18.4. The molecule has 0 radical (unpaired) electrons. The highest BCUT2D eigenvalue weighted by molar-refractivity contribution is 6.25. The number of fused-ring (bicyclic) bond motifs is 1. The van der Waals surface area contributed by atoms with Crippen molar-refractivity contribution in [1.82, 2.24) is 15.1 Å². The fraction of sp³-hybridized carbons (Fsp3) is 0.565. The topological polar surface area (TPSA) is 98.8 Å². The van der Waals surface area contributed by atoms with E-state index in [0.717, 1.165) is 29.2 Å². The second kappa shape index (κ2) is 10.5. The Hall–Kier alpha value is -2.74. The van der Waals surface area contributed by atoms with E-state index >= 15 is 0 Å². The van der Waals surface area contributed by atoms with Gasteiger partial charge < -0.3 is 10.6 Å². The van der Waals surface area contributed by atoms with Crippen LogP contribution in [0, 0.1) is 0 Å². The van der Waals surface area contributed by atoms with Gasteiger partial charge in [-0.25, -0.2) is 0 Å². The molecule has 2 heterocycles. The van der Waals surface area contributed by atoms with Gasteiger partial charge in [0.15, 0.2) is 0 Å². The molecule has 0 spiro atoms. The van der Waals surface area contributed by atoms with E-state index in [1.54, 1.807) is 18.2 Å². The van der Waals surface area contributed by atoms with Gasteiger partial charge >= 0.3 is 0 Å². The van der Waals surface area contributed by atoms with Crippen LogP contribution in [0.25, 0.3) is 0 Å². The molecule has 1 unspecified atom stereocenters. The molecule has 2 aliphatic heterocycles. The molecule has 31 heavy (non-hydrogen) atoms. The maximum Gasteiger partial charge on any atom is 0.264 e. The molecule has 1 aromatic rings. The molecule has 8 nitrogen and oxygen atoms in total. The molecule has 8 heteroatoms. The molecule has 4 amide bonds. The Balaban J connectivity index is 1.59. The molecule has 1 atom stereocenters. The van der Waals surface area contributed by atoms with Gasteiger partial charge in [-0.05, 0) is 45.0 Å². The Labute approximate surface area is 183 Å². The lowest BCUT2D eigenvalue weighted by Gasteiger charge is -2.32. The molecule has 168 valence electrons. The molecule has 1 aromatic carbocycles. The van der Waals surface area contributed by atoms with Gasteiger partial charge in [0.05, 0.1) is 11.1 Å². The van der Waals surface area contributed by atoms with E-state index in [0.29, 0.717) is 23.4 Å². The molecule has 0 aliphatic carbocycles. The van der Waals surface area contributed by atoms with Crippen molar-refractivity contribution in [3.8, 4) is 0 Å². The zero-order valence-electron chi connectivity index (χ0n) is 18.4. The Morgan fingerprint density at radius 3 is 2.32 bits per heavy atom. The monoisotopic (exact) mass is 428 g/mol. The standard InChI is InChI=1S/C23H32N4O4/c1-24-14-7-5-3-4-6-8-15-25-17-11-9-10-16-20(17)23(31)27(21(16)29)18-12-13-19(28)26(2)22(18)30/h9-11,18,24-25H,3-8,12-15H2,1-2H3. The van der Waals surface area contributed by atoms with Gasteiger partial charge in [-0.3, -0.25) is 29.0 Å². The first-order valence-corrected chi connectivity index (χ1v) is 11.2. The first-order valence-electron chi connectivity index (χ1n) is 11.2. The number of carbonyl (C=O) groups is 4. The van der Waals surface area contributed by atoms with Gasteiger partial charge in [0, 0.05) is 25.7 Å². The van der Waals surface area contributed by atoms with Crippen molar-refractivity contribution in [2.45, 2.75) is 57.4 Å². The lowest BCUT2D eigenvalue weighted by Crippen LogP contribution is -2.54. The van der Waals surface area contributed by atoms with Gasteiger partial charge in [-0.15, -0.1) is 0 Å². The van der Waals surface area contributed by atoms with Crippen molar-refractivity contribution in [3.63, 3.8) is 0 Å². The van der Waals surface area contributed by atoms with E-state index in [1.165, 1.54) is 32.7 Å². The number of benzene rings is 1. The fourth-order valence-corrected chi connectivity index (χ4v) is 4.23. The van der Waals surface area contributed by atoms with Crippen LogP contribution in [0.4, 0.5) is 5.69 Å². The molecule has 2 N–H and O–H groups in total. The van der Waals surface area contributed by atoms with Gasteiger partial charge in [0.25, 0.3) is 17.7 Å². The van der Waals surface area contributed by atoms with E-state index in [4.69, 9.17) is 0 Å². The summed E-state index contributed by atoms with van der Waals surface area (Å²) in [6.07, 6.45) is 7.23. The third-order valence-electron chi connectivity index (χ3n) is 6.05. The molecule has 0 bridgehead atoms. The quantitative estimate of drug-likeness (QED) is 0.415. The molecule has 0 aromatic heterocycles. The number of anilines is 1. The number of piperidine rings is 1. The first-order chi connectivity index (χ1) is 15.0. The number of hydrogen-bond acceptors (Lipinski definition) is 6. The molecule has 1 fully saturated rings. The average Bonchev–Trinajstić information content (AvgIpc) is 3.02. The van der Waals surface area contributed by atoms with Crippen LogP contribution in [0.15, 0.2) is 18.2 Å². The summed E-state index contributed by atoms with van der Waals surface area (Å²) >= 11 is 0. The number of likely N-dealkylation sites (N-methyl/N-ethyl adjacent to an activating group) is 1. The van der Waals surface area contributed by atoms with Crippen molar-refractivity contribution in [2.75, 3.05) is 32.5 Å². The van der Waals surface area contributed by atoms with Crippen molar-refractivity contribution in [1.29, 1.82) is 0 Å². The summed E-state index contributed by atoms with van der Waals surface area (Å²) in [4.78, 5) is 52.4. The Bertz CT molecular complexity index is 854. The number of likely N-dealkylation sites (tertiary alicyclic amines) is 1. The second-order valence-electron chi connectivity index (χ2n) is 8.21. The number of unbranched alkanes of at least 4 members (excludes halogenated alkanes) is 5. The van der Waals surface area contributed by atoms with Gasteiger partial charge in [0.1, 0.15) is 6.04 Å². The van der Waals surface area contributed by atoms with Crippen LogP contribution in [-0.2, 0) is 9.59 Å². The maximum atomic E-state index is 13.1. The summed E-state index contributed by atoms with van der Waals surface area (Å²) in [5, 5.41) is 6.45. The minimum Gasteiger partial charge on any atom is -0.384 e. The number of rotatable bonds is 11. The SMILES string of the molecule is CNCCCCCCCCNc1cccc2c1C(=O)N(C1CCC(=O)N(C)C1=O)C2=O. The molecule has 3 rings (SSSR count). The summed E-state index contributed by atoms with van der Waals surface area (Å²) in [5.74, 6) is -1.72. The average molecular weight is 429 g/mol. The van der Waals surface area contributed by atoms with Crippen LogP contribution in [0.2, 0.25) is 0 Å². The van der Waals surface area contributed by atoms with Crippen molar-refractivity contribution in [3.05, 3.63) is 29.3 Å². The Morgan fingerprint density at radius 1 is 0.935 bits per heavy atom. The van der Waals surface area contributed by atoms with E-state index in [1.807, 2.05) is 7.05 Å². The third kappa shape index (κ3) is 4.95. The number of hydrogen-bond donors (Lipinski definition) is 2. The summed E-state index contributed by atoms with van der Waals surface area (Å²) < 4.78 is 0. The molecular weight excluding hydrogens is 396 g/mol. The fourth-order valence-electron chi connectivity index (χ4n) is 4.23. The molecule has 1 saturated heterocycles. The predicted molar refractivity (Wildman–Crippen MR) is 118 cm³/mol. The lowest BCUT2D eigenvalue weighted by atomic mass is 10.0. The van der Waals surface area contributed by atoms with Crippen LogP contribution >= 0.6 is 0 Å². The Morgan fingerprint density at radius 2 is 1.61 bits per heavy atom. The summed E-state index contributed by atoms with van der Waals surface area (Å²) in [6.45, 7) is 1.78. The van der Waals surface area contributed by atoms with Crippen molar-refractivity contribution < 1.29 is 19.2 Å². The van der Waals surface area contributed by atoms with E-state index in [2.05, 4.69) is 10.6 Å². The normalized spacial score (nSPS) is 18.7. The zero-order chi connectivity index (χ0) is 22.4. The Kier molecular flexibility index (Phi) is 7.79. The number of amides is 4. The van der Waals surface area contributed by atoms with E-state index in [-0.39, 0.29) is 18.7 Å². The number of nitrogens with zero attached hydrogens (tertiary/aromatic N) is 2. The van der Waals surface area contributed by atoms with Gasteiger partial charge in [-0.1, -0.05) is 31.7 Å². The number of carbonyl (C=O) groups excluding carboxylic acids is 4. The third-order valence-corrected chi connectivity index (χ3v) is 6.05. The minimum atomic E-state index is -0.925. The molecular formula is C23H32N4O4. The number of imide groups is 2. The highest BCUT2D eigenvalue weighted by Gasteiger charge is 2.46. The van der Waals surface area contributed by atoms with Crippen molar-refractivity contribution >= 4 is 29.3 Å². The predicted octanol–water partition coefficient (Wildman–Crippen LogP) is 2.40. The van der Waals surface area contributed by atoms with Crippen LogP contribution in [0.5, 0.6) is 0 Å². The molecule has 2 aliphatic rings. The smallest absolute Gasteiger partial charge is 0.264 e. The summed E-state index contributed by atoms with van der Waals surface area (Å²) in [6, 6.07) is 4.24. The minimum absolute atomic E-state index is 0.139. The first kappa shape index (κ1) is 22.9. The van der Waals surface area contributed by atoms with Gasteiger partial charge in [-0.2, -0.15) is 0 Å². The highest BCUT2D eigenvalue weighted by atomic mass is 16.2. The second-order valence-corrected chi connectivity index (χ2v) is 8.21. The van der Waals surface area contributed by atoms with Crippen LogP contribution in [0.3, 0.4) is 0 Å². The highest BCUT2D eigenvalue weighted by Crippen LogP contribution is 2.33. The van der Waals surface area contributed by atoms with Gasteiger partial charge in [0.2, 0.25) is 5.91 Å².